The van der Waals surface area contributed by atoms with Crippen LogP contribution in [0.2, 0.25) is 0 Å². The summed E-state index contributed by atoms with van der Waals surface area (Å²) in [5.74, 6) is 0.911. The van der Waals surface area contributed by atoms with Crippen LogP contribution in [-0.2, 0) is 0 Å². The van der Waals surface area contributed by atoms with Crippen molar-refractivity contribution in [2.45, 2.75) is 58.4 Å². The van der Waals surface area contributed by atoms with Crippen LogP contribution in [0.4, 0.5) is 0 Å². The maximum atomic E-state index is 4.03. The average molecular weight is 195 g/mol. The molecule has 1 aliphatic rings. The summed E-state index contributed by atoms with van der Waals surface area (Å²) in [5, 5.41) is 3.60. The summed E-state index contributed by atoms with van der Waals surface area (Å²) < 4.78 is 0. The van der Waals surface area contributed by atoms with Gasteiger partial charge in [0, 0.05) is 12.6 Å². The number of hydrogen-bond acceptors (Lipinski definition) is 1. The molecule has 0 aliphatic heterocycles. The van der Waals surface area contributed by atoms with Crippen molar-refractivity contribution in [3.05, 3.63) is 12.2 Å². The van der Waals surface area contributed by atoms with Crippen LogP contribution in [-0.4, -0.2) is 12.6 Å². The van der Waals surface area contributed by atoms with Crippen molar-refractivity contribution < 1.29 is 0 Å². The molecule has 1 aliphatic carbocycles. The molecule has 0 saturated heterocycles. The van der Waals surface area contributed by atoms with E-state index in [4.69, 9.17) is 0 Å². The highest BCUT2D eigenvalue weighted by atomic mass is 14.9. The van der Waals surface area contributed by atoms with E-state index in [9.17, 15) is 0 Å². The van der Waals surface area contributed by atoms with Crippen LogP contribution in [0.1, 0.15) is 52.4 Å². The molecule has 1 saturated carbocycles. The standard InChI is InChI=1S/C13H25N/c1-4-11(2)10-14-12(3)13-8-6-5-7-9-13/h12-14H,2,4-10H2,1,3H3/t12-/m0/s1. The molecule has 1 N–H and O–H groups in total. The van der Waals surface area contributed by atoms with Gasteiger partial charge in [0.15, 0.2) is 0 Å². The van der Waals surface area contributed by atoms with E-state index >= 15 is 0 Å². The molecule has 0 amide bonds. The van der Waals surface area contributed by atoms with Crippen molar-refractivity contribution in [1.29, 1.82) is 0 Å². The molecule has 1 fully saturated rings. The van der Waals surface area contributed by atoms with Gasteiger partial charge >= 0.3 is 0 Å². The Bertz CT molecular complexity index is 168. The summed E-state index contributed by atoms with van der Waals surface area (Å²) in [6, 6.07) is 0.679. The van der Waals surface area contributed by atoms with Crippen molar-refractivity contribution in [2.75, 3.05) is 6.54 Å². The molecule has 0 radical (unpaired) electrons. The number of nitrogens with one attached hydrogen (secondary N) is 1. The summed E-state index contributed by atoms with van der Waals surface area (Å²) in [7, 11) is 0. The molecule has 0 aromatic carbocycles. The topological polar surface area (TPSA) is 12.0 Å². The molecule has 0 heterocycles. The quantitative estimate of drug-likeness (QED) is 0.662. The monoisotopic (exact) mass is 195 g/mol. The Morgan fingerprint density at radius 3 is 2.57 bits per heavy atom. The van der Waals surface area contributed by atoms with Gasteiger partial charge in [0.2, 0.25) is 0 Å². The average Bonchev–Trinajstić information content (AvgIpc) is 2.26. The Labute approximate surface area is 89.0 Å². The van der Waals surface area contributed by atoms with Gasteiger partial charge in [0.1, 0.15) is 0 Å². The lowest BCUT2D eigenvalue weighted by Crippen LogP contribution is -2.35. The van der Waals surface area contributed by atoms with Gasteiger partial charge in [0.05, 0.1) is 0 Å². The van der Waals surface area contributed by atoms with Crippen molar-refractivity contribution >= 4 is 0 Å². The second-order valence-electron chi connectivity index (χ2n) is 4.67. The first-order chi connectivity index (χ1) is 6.74. The lowest BCUT2D eigenvalue weighted by Gasteiger charge is -2.28. The lowest BCUT2D eigenvalue weighted by molar-refractivity contribution is 0.286. The Hall–Kier alpha value is -0.300. The van der Waals surface area contributed by atoms with Crippen molar-refractivity contribution in [3.63, 3.8) is 0 Å². The zero-order chi connectivity index (χ0) is 10.4. The van der Waals surface area contributed by atoms with Crippen LogP contribution in [0, 0.1) is 5.92 Å². The highest BCUT2D eigenvalue weighted by Gasteiger charge is 2.19. The molecule has 0 aromatic heterocycles. The van der Waals surface area contributed by atoms with Crippen LogP contribution in [0.25, 0.3) is 0 Å². The van der Waals surface area contributed by atoms with Crippen LogP contribution in [0.3, 0.4) is 0 Å². The minimum absolute atomic E-state index is 0.679. The van der Waals surface area contributed by atoms with Gasteiger partial charge in [-0.15, -0.1) is 0 Å². The van der Waals surface area contributed by atoms with E-state index in [1.807, 2.05) is 0 Å². The maximum Gasteiger partial charge on any atom is 0.0164 e. The molecule has 0 spiro atoms. The first-order valence-electron chi connectivity index (χ1n) is 6.14. The highest BCUT2D eigenvalue weighted by Crippen LogP contribution is 2.26. The SMILES string of the molecule is C=C(CC)CN[C@@H](C)C1CCCCC1. The van der Waals surface area contributed by atoms with Gasteiger partial charge < -0.3 is 5.32 Å². The van der Waals surface area contributed by atoms with Crippen molar-refractivity contribution in [3.8, 4) is 0 Å². The minimum atomic E-state index is 0.679. The predicted octanol–water partition coefficient (Wildman–Crippen LogP) is 3.51. The van der Waals surface area contributed by atoms with Crippen LogP contribution < -0.4 is 5.32 Å². The van der Waals surface area contributed by atoms with Gasteiger partial charge in [-0.3, -0.25) is 0 Å². The smallest absolute Gasteiger partial charge is 0.0164 e. The van der Waals surface area contributed by atoms with Gasteiger partial charge in [-0.25, -0.2) is 0 Å². The van der Waals surface area contributed by atoms with E-state index < -0.39 is 0 Å². The summed E-state index contributed by atoms with van der Waals surface area (Å²) in [6.45, 7) is 9.54. The highest BCUT2D eigenvalue weighted by molar-refractivity contribution is 4.96. The molecule has 82 valence electrons. The fraction of sp³-hybridized carbons (Fsp3) is 0.846. The van der Waals surface area contributed by atoms with E-state index in [1.54, 1.807) is 0 Å². The fourth-order valence-electron chi connectivity index (χ4n) is 2.23. The third-order valence-corrected chi connectivity index (χ3v) is 3.53. The van der Waals surface area contributed by atoms with E-state index in [0.717, 1.165) is 18.9 Å². The molecular formula is C13H25N. The first-order valence-corrected chi connectivity index (χ1v) is 6.14. The van der Waals surface area contributed by atoms with Gasteiger partial charge in [-0.05, 0) is 32.1 Å². The molecule has 1 rings (SSSR count). The Morgan fingerprint density at radius 1 is 1.36 bits per heavy atom. The van der Waals surface area contributed by atoms with E-state index in [-0.39, 0.29) is 0 Å². The van der Waals surface area contributed by atoms with Gasteiger partial charge in [-0.2, -0.15) is 0 Å². The summed E-state index contributed by atoms with van der Waals surface area (Å²) >= 11 is 0. The van der Waals surface area contributed by atoms with Crippen LogP contribution in [0.15, 0.2) is 12.2 Å². The second-order valence-corrected chi connectivity index (χ2v) is 4.67. The summed E-state index contributed by atoms with van der Waals surface area (Å²) in [5.41, 5.74) is 1.33. The largest absolute Gasteiger partial charge is 0.310 e. The summed E-state index contributed by atoms with van der Waals surface area (Å²) in [4.78, 5) is 0. The van der Waals surface area contributed by atoms with E-state index in [1.165, 1.54) is 37.7 Å². The van der Waals surface area contributed by atoms with Crippen LogP contribution in [0.5, 0.6) is 0 Å². The third kappa shape index (κ3) is 3.83. The molecule has 1 nitrogen and oxygen atoms in total. The van der Waals surface area contributed by atoms with E-state index in [0.29, 0.717) is 6.04 Å². The molecule has 1 heteroatoms. The fourth-order valence-corrected chi connectivity index (χ4v) is 2.23. The molecule has 14 heavy (non-hydrogen) atoms. The molecule has 0 aromatic rings. The normalized spacial score (nSPS) is 20.7. The second kappa shape index (κ2) is 6.23. The van der Waals surface area contributed by atoms with Gasteiger partial charge in [-0.1, -0.05) is 38.3 Å². The minimum Gasteiger partial charge on any atom is -0.310 e. The first kappa shape index (κ1) is 11.8. The van der Waals surface area contributed by atoms with Crippen molar-refractivity contribution in [2.24, 2.45) is 5.92 Å². The molecule has 0 bridgehead atoms. The molecule has 0 unspecified atom stereocenters. The Kier molecular flexibility index (Phi) is 5.24. The predicted molar refractivity (Wildman–Crippen MR) is 63.5 cm³/mol. The Morgan fingerprint density at radius 2 is 2.00 bits per heavy atom. The van der Waals surface area contributed by atoms with Crippen LogP contribution >= 0.6 is 0 Å². The zero-order valence-electron chi connectivity index (χ0n) is 9.81. The van der Waals surface area contributed by atoms with Gasteiger partial charge in [0.25, 0.3) is 0 Å². The number of rotatable bonds is 5. The third-order valence-electron chi connectivity index (χ3n) is 3.53. The lowest BCUT2D eigenvalue weighted by atomic mass is 9.84. The number of hydrogen-bond donors (Lipinski definition) is 1. The Balaban J connectivity index is 2.19. The molecule has 1 atom stereocenters. The maximum absolute atomic E-state index is 4.03. The molecular weight excluding hydrogens is 170 g/mol. The van der Waals surface area contributed by atoms with E-state index in [2.05, 4.69) is 25.7 Å². The summed E-state index contributed by atoms with van der Waals surface area (Å²) in [6.07, 6.45) is 8.27. The zero-order valence-corrected chi connectivity index (χ0v) is 9.81. The van der Waals surface area contributed by atoms with Crippen molar-refractivity contribution in [1.82, 2.24) is 5.32 Å².